The van der Waals surface area contributed by atoms with E-state index in [1.807, 2.05) is 12.1 Å². The Labute approximate surface area is 133 Å². The Kier molecular flexibility index (Phi) is 3.37. The topological polar surface area (TPSA) is 60.4 Å². The summed E-state index contributed by atoms with van der Waals surface area (Å²) in [4.78, 5) is 25.3. The van der Waals surface area contributed by atoms with Gasteiger partial charge in [0.25, 0.3) is 0 Å². The van der Waals surface area contributed by atoms with Gasteiger partial charge in [0.15, 0.2) is 11.6 Å². The lowest BCUT2D eigenvalue weighted by atomic mass is 9.67. The summed E-state index contributed by atoms with van der Waals surface area (Å²) in [5.41, 5.74) is 1.40. The molecule has 0 aliphatic heterocycles. The number of allylic oxidation sites excluding steroid dienone is 2. The number of fused-ring (bicyclic) bond motifs is 2. The second kappa shape index (κ2) is 5.54. The normalized spacial score (nSPS) is 27.8. The Hall–Kier alpha value is -2.62. The van der Waals surface area contributed by atoms with Crippen LogP contribution >= 0.6 is 0 Å². The van der Waals surface area contributed by atoms with Crippen LogP contribution in [0.3, 0.4) is 0 Å². The fourth-order valence-electron chi connectivity index (χ4n) is 3.52. The molecule has 2 bridgehead atoms. The van der Waals surface area contributed by atoms with Gasteiger partial charge in [-0.25, -0.2) is 0 Å². The molecule has 2 atom stereocenters. The van der Waals surface area contributed by atoms with Crippen molar-refractivity contribution in [1.29, 1.82) is 0 Å². The van der Waals surface area contributed by atoms with E-state index in [9.17, 15) is 9.59 Å². The van der Waals surface area contributed by atoms with Gasteiger partial charge in [0, 0.05) is 11.8 Å². The van der Waals surface area contributed by atoms with Gasteiger partial charge in [-0.3, -0.25) is 9.59 Å². The molecule has 0 amide bonds. The summed E-state index contributed by atoms with van der Waals surface area (Å²) in [5, 5.41) is 0. The molecular formula is C19H16O4. The third-order valence-corrected chi connectivity index (χ3v) is 4.60. The first-order valence-corrected chi connectivity index (χ1v) is 7.77. The lowest BCUT2D eigenvalue weighted by molar-refractivity contribution is -0.127. The molecule has 0 N–H and O–H groups in total. The van der Waals surface area contributed by atoms with Crippen molar-refractivity contribution in [3.63, 3.8) is 0 Å². The van der Waals surface area contributed by atoms with Crippen LogP contribution in [0.15, 0.2) is 56.8 Å². The van der Waals surface area contributed by atoms with Crippen molar-refractivity contribution in [1.82, 2.24) is 0 Å². The zero-order valence-corrected chi connectivity index (χ0v) is 12.5. The third-order valence-electron chi connectivity index (χ3n) is 4.60. The number of carbonyl (C=O) groups excluding carboxylic acids is 2. The van der Waals surface area contributed by atoms with Gasteiger partial charge in [0.05, 0.1) is 12.5 Å². The van der Waals surface area contributed by atoms with E-state index in [0.717, 1.165) is 0 Å². The predicted molar refractivity (Wildman–Crippen MR) is 84.2 cm³/mol. The number of hydrogen-bond donors (Lipinski definition) is 0. The Morgan fingerprint density at radius 3 is 1.70 bits per heavy atom. The Bertz CT molecular complexity index is 722. The SMILES string of the molecule is O=C1C(=Cc2ccco2)CC2CC1CC(=Cc1ccco1)C2=O. The number of ketones is 2. The van der Waals surface area contributed by atoms with Crippen LogP contribution in [0.25, 0.3) is 12.2 Å². The van der Waals surface area contributed by atoms with Gasteiger partial charge in [-0.2, -0.15) is 0 Å². The quantitative estimate of drug-likeness (QED) is 0.789. The van der Waals surface area contributed by atoms with Crippen LogP contribution in [0.5, 0.6) is 0 Å². The third kappa shape index (κ3) is 2.61. The van der Waals surface area contributed by atoms with Gasteiger partial charge in [-0.05, 0) is 66.8 Å². The van der Waals surface area contributed by atoms with Gasteiger partial charge in [-0.1, -0.05) is 0 Å². The number of hydrogen-bond acceptors (Lipinski definition) is 4. The van der Waals surface area contributed by atoms with Gasteiger partial charge in [-0.15, -0.1) is 0 Å². The highest BCUT2D eigenvalue weighted by molar-refractivity contribution is 6.09. The molecule has 2 fully saturated rings. The minimum atomic E-state index is -0.117. The van der Waals surface area contributed by atoms with Crippen LogP contribution in [-0.2, 0) is 9.59 Å². The van der Waals surface area contributed by atoms with Crippen LogP contribution in [0.2, 0.25) is 0 Å². The van der Waals surface area contributed by atoms with Crippen LogP contribution in [0.4, 0.5) is 0 Å². The minimum absolute atomic E-state index is 0.117. The van der Waals surface area contributed by atoms with Crippen LogP contribution in [0, 0.1) is 11.8 Å². The van der Waals surface area contributed by atoms with Crippen molar-refractivity contribution >= 4 is 23.7 Å². The fourth-order valence-corrected chi connectivity index (χ4v) is 3.52. The smallest absolute Gasteiger partial charge is 0.162 e. The van der Waals surface area contributed by atoms with Crippen LogP contribution < -0.4 is 0 Å². The van der Waals surface area contributed by atoms with E-state index < -0.39 is 0 Å². The van der Waals surface area contributed by atoms with Crippen LogP contribution in [-0.4, -0.2) is 11.6 Å². The number of Topliss-reactive ketones (excluding diaryl/α,β-unsaturated/α-hetero) is 2. The second-order valence-electron chi connectivity index (χ2n) is 6.14. The van der Waals surface area contributed by atoms with Crippen LogP contribution in [0.1, 0.15) is 30.8 Å². The van der Waals surface area contributed by atoms with E-state index >= 15 is 0 Å². The molecule has 0 spiro atoms. The summed E-state index contributed by atoms with van der Waals surface area (Å²) in [6, 6.07) is 7.20. The maximum Gasteiger partial charge on any atom is 0.162 e. The van der Waals surface area contributed by atoms with Gasteiger partial charge < -0.3 is 8.83 Å². The first kappa shape index (κ1) is 14.0. The summed E-state index contributed by atoms with van der Waals surface area (Å²) in [6.07, 6.45) is 8.34. The van der Waals surface area contributed by atoms with E-state index in [1.54, 1.807) is 36.8 Å². The van der Waals surface area contributed by atoms with Gasteiger partial charge in [0.1, 0.15) is 11.5 Å². The molecule has 0 aromatic carbocycles. The highest BCUT2D eigenvalue weighted by Crippen LogP contribution is 2.41. The number of furan rings is 2. The molecule has 0 radical (unpaired) electrons. The van der Waals surface area contributed by atoms with Gasteiger partial charge in [0.2, 0.25) is 0 Å². The molecule has 2 aliphatic rings. The summed E-state index contributed by atoms with van der Waals surface area (Å²) in [6.45, 7) is 0. The monoisotopic (exact) mass is 308 g/mol. The molecule has 2 heterocycles. The molecule has 2 aliphatic carbocycles. The zero-order chi connectivity index (χ0) is 15.8. The minimum Gasteiger partial charge on any atom is -0.465 e. The second-order valence-corrected chi connectivity index (χ2v) is 6.14. The highest BCUT2D eigenvalue weighted by atomic mass is 16.3. The Morgan fingerprint density at radius 1 is 0.826 bits per heavy atom. The lowest BCUT2D eigenvalue weighted by Gasteiger charge is -2.34. The lowest BCUT2D eigenvalue weighted by Crippen LogP contribution is -2.37. The molecule has 116 valence electrons. The van der Waals surface area contributed by atoms with Crippen molar-refractivity contribution in [2.24, 2.45) is 11.8 Å². The summed E-state index contributed by atoms with van der Waals surface area (Å²) in [5.74, 6) is 1.35. The van der Waals surface area contributed by atoms with Gasteiger partial charge >= 0.3 is 0 Å². The molecule has 2 aromatic rings. The van der Waals surface area contributed by atoms with E-state index in [0.29, 0.717) is 41.9 Å². The standard InChI is InChI=1S/C19H16O4/c20-18-13-7-12(8-14(18)10-16-3-1-5-22-16)19(21)15(9-13)11-17-4-2-6-23-17/h1-6,10-13H,7-9H2. The largest absolute Gasteiger partial charge is 0.465 e. The first-order valence-electron chi connectivity index (χ1n) is 7.77. The Balaban J connectivity index is 1.63. The molecule has 2 unspecified atom stereocenters. The number of carbonyl (C=O) groups is 2. The van der Waals surface area contributed by atoms with Crippen molar-refractivity contribution in [2.45, 2.75) is 19.3 Å². The molecule has 23 heavy (non-hydrogen) atoms. The summed E-state index contributed by atoms with van der Waals surface area (Å²) < 4.78 is 10.6. The van der Waals surface area contributed by atoms with Crippen molar-refractivity contribution in [2.75, 3.05) is 0 Å². The van der Waals surface area contributed by atoms with Crippen molar-refractivity contribution < 1.29 is 18.4 Å². The average Bonchev–Trinajstić information content (AvgIpc) is 3.22. The van der Waals surface area contributed by atoms with E-state index in [4.69, 9.17) is 8.83 Å². The molecule has 4 rings (SSSR count). The number of rotatable bonds is 2. The molecular weight excluding hydrogens is 292 g/mol. The van der Waals surface area contributed by atoms with E-state index in [-0.39, 0.29) is 23.4 Å². The molecule has 2 aromatic heterocycles. The molecule has 4 nitrogen and oxygen atoms in total. The zero-order valence-electron chi connectivity index (χ0n) is 12.5. The van der Waals surface area contributed by atoms with Crippen molar-refractivity contribution in [3.8, 4) is 0 Å². The molecule has 0 saturated heterocycles. The molecule has 4 heteroatoms. The fraction of sp³-hybridized carbons (Fsp3) is 0.263. The van der Waals surface area contributed by atoms with E-state index in [1.165, 1.54) is 0 Å². The highest BCUT2D eigenvalue weighted by Gasteiger charge is 2.41. The maximum atomic E-state index is 12.6. The predicted octanol–water partition coefficient (Wildman–Crippen LogP) is 3.91. The first-order chi connectivity index (χ1) is 11.2. The Morgan fingerprint density at radius 2 is 1.30 bits per heavy atom. The molecule has 2 saturated carbocycles. The average molecular weight is 308 g/mol. The maximum absolute atomic E-state index is 12.6. The van der Waals surface area contributed by atoms with E-state index in [2.05, 4.69) is 0 Å². The summed E-state index contributed by atoms with van der Waals surface area (Å²) >= 11 is 0. The van der Waals surface area contributed by atoms with Crippen molar-refractivity contribution in [3.05, 3.63) is 59.5 Å². The summed E-state index contributed by atoms with van der Waals surface area (Å²) in [7, 11) is 0.